The molecule has 0 unspecified atom stereocenters. The Labute approximate surface area is 98.5 Å². The van der Waals surface area contributed by atoms with Crippen molar-refractivity contribution in [1.29, 1.82) is 0 Å². The first-order chi connectivity index (χ1) is 7.99. The average molecular weight is 240 g/mol. The Kier molecular flexibility index (Phi) is 4.63. The lowest BCUT2D eigenvalue weighted by atomic mass is 10.2. The van der Waals surface area contributed by atoms with Crippen LogP contribution in [0.1, 0.15) is 13.8 Å². The van der Waals surface area contributed by atoms with Gasteiger partial charge in [-0.05, 0) is 18.1 Å². The second-order valence-electron chi connectivity index (χ2n) is 3.83. The third-order valence-corrected chi connectivity index (χ3v) is 1.87. The van der Waals surface area contributed by atoms with Crippen LogP contribution in [0.4, 0.5) is 19.3 Å². The van der Waals surface area contributed by atoms with Crippen LogP contribution < -0.4 is 10.6 Å². The van der Waals surface area contributed by atoms with Crippen molar-refractivity contribution in [1.82, 2.24) is 5.32 Å². The van der Waals surface area contributed by atoms with Gasteiger partial charge in [0.2, 0.25) is 0 Å². The van der Waals surface area contributed by atoms with Gasteiger partial charge in [-0.1, -0.05) is 19.9 Å². The lowest BCUT2D eigenvalue weighted by Crippen LogP contribution is -2.24. The summed E-state index contributed by atoms with van der Waals surface area (Å²) in [5.74, 6) is -1.20. The molecule has 0 fully saturated rings. The number of carbonyl (C=O) groups excluding carboxylic acids is 1. The van der Waals surface area contributed by atoms with Gasteiger partial charge in [0.05, 0.1) is 5.69 Å². The Morgan fingerprint density at radius 1 is 1.35 bits per heavy atom. The minimum atomic E-state index is -0.812. The van der Waals surface area contributed by atoms with Crippen LogP contribution in [0.5, 0.6) is 0 Å². The zero-order valence-electron chi connectivity index (χ0n) is 9.63. The van der Waals surface area contributed by atoms with E-state index in [4.69, 9.17) is 0 Å². The van der Waals surface area contributed by atoms with Crippen LogP contribution in [-0.4, -0.2) is 6.03 Å². The second kappa shape index (κ2) is 5.98. The fourth-order valence-corrected chi connectivity index (χ4v) is 1.07. The Morgan fingerprint density at radius 2 is 2.06 bits per heavy atom. The Balaban J connectivity index is 2.56. The first kappa shape index (κ1) is 13.2. The van der Waals surface area contributed by atoms with Gasteiger partial charge < -0.3 is 10.6 Å². The Bertz CT molecular complexity index is 431. The maximum absolute atomic E-state index is 13.2. The summed E-state index contributed by atoms with van der Waals surface area (Å²) in [6.45, 7) is 3.91. The zero-order valence-corrected chi connectivity index (χ0v) is 9.63. The molecule has 0 bridgehead atoms. The smallest absolute Gasteiger partial charge is 0.315 e. The largest absolute Gasteiger partial charge is 0.323 e. The number of hydrogen-bond acceptors (Lipinski definition) is 1. The predicted molar refractivity (Wildman–Crippen MR) is 62.5 cm³/mol. The standard InChI is InChI=1S/C12H14F2N2O/c1-8(2)5-6-15-12(17)16-11-4-3-9(13)7-10(11)14/h3-8H,1-2H3,(H2,15,16,17)/b6-5+. The number of urea groups is 1. The molecule has 1 aromatic rings. The highest BCUT2D eigenvalue weighted by atomic mass is 19.1. The number of benzene rings is 1. The third-order valence-electron chi connectivity index (χ3n) is 1.87. The number of carbonyl (C=O) groups is 1. The normalized spacial score (nSPS) is 10.9. The molecule has 3 nitrogen and oxygen atoms in total. The average Bonchev–Trinajstić information content (AvgIpc) is 2.21. The molecule has 0 atom stereocenters. The maximum Gasteiger partial charge on any atom is 0.323 e. The molecule has 0 heterocycles. The molecule has 2 N–H and O–H groups in total. The van der Waals surface area contributed by atoms with E-state index in [0.717, 1.165) is 12.1 Å². The van der Waals surface area contributed by atoms with Crippen molar-refractivity contribution < 1.29 is 13.6 Å². The summed E-state index contributed by atoms with van der Waals surface area (Å²) in [5, 5.41) is 4.68. The monoisotopic (exact) mass is 240 g/mol. The van der Waals surface area contributed by atoms with Gasteiger partial charge in [0.25, 0.3) is 0 Å². The zero-order chi connectivity index (χ0) is 12.8. The molecule has 2 amide bonds. The Morgan fingerprint density at radius 3 is 2.65 bits per heavy atom. The van der Waals surface area contributed by atoms with Gasteiger partial charge in [-0.15, -0.1) is 0 Å². The summed E-state index contributed by atoms with van der Waals surface area (Å²) in [6, 6.07) is 2.37. The summed E-state index contributed by atoms with van der Waals surface area (Å²) in [7, 11) is 0. The van der Waals surface area contributed by atoms with Gasteiger partial charge >= 0.3 is 6.03 Å². The number of allylic oxidation sites excluding steroid dienone is 1. The molecule has 0 saturated carbocycles. The summed E-state index contributed by atoms with van der Waals surface area (Å²) >= 11 is 0. The summed E-state index contributed by atoms with van der Waals surface area (Å²) in [6.07, 6.45) is 3.25. The minimum Gasteiger partial charge on any atom is -0.315 e. The van der Waals surface area contributed by atoms with Gasteiger partial charge in [-0.2, -0.15) is 0 Å². The summed E-state index contributed by atoms with van der Waals surface area (Å²) in [4.78, 5) is 11.3. The summed E-state index contributed by atoms with van der Waals surface area (Å²) < 4.78 is 25.8. The van der Waals surface area contributed by atoms with Crippen molar-refractivity contribution in [2.75, 3.05) is 5.32 Å². The molecule has 0 aliphatic heterocycles. The van der Waals surface area contributed by atoms with E-state index in [9.17, 15) is 13.6 Å². The minimum absolute atomic E-state index is 0.0677. The van der Waals surface area contributed by atoms with Gasteiger partial charge in [-0.25, -0.2) is 13.6 Å². The first-order valence-electron chi connectivity index (χ1n) is 5.18. The van der Waals surface area contributed by atoms with E-state index in [0.29, 0.717) is 12.0 Å². The molecular formula is C12H14F2N2O. The fraction of sp³-hybridized carbons (Fsp3) is 0.250. The molecule has 92 valence electrons. The molecule has 0 spiro atoms. The molecule has 0 aromatic heterocycles. The second-order valence-corrected chi connectivity index (χ2v) is 3.83. The van der Waals surface area contributed by atoms with Crippen LogP contribution in [0.15, 0.2) is 30.5 Å². The number of amides is 2. The molecule has 5 heteroatoms. The molecular weight excluding hydrogens is 226 g/mol. The van der Waals surface area contributed by atoms with Crippen molar-refractivity contribution in [3.05, 3.63) is 42.1 Å². The van der Waals surface area contributed by atoms with Crippen LogP contribution >= 0.6 is 0 Å². The van der Waals surface area contributed by atoms with Crippen molar-refractivity contribution in [3.8, 4) is 0 Å². The molecule has 1 rings (SSSR count). The van der Waals surface area contributed by atoms with Crippen LogP contribution in [0.3, 0.4) is 0 Å². The van der Waals surface area contributed by atoms with Crippen molar-refractivity contribution in [2.45, 2.75) is 13.8 Å². The van der Waals surface area contributed by atoms with E-state index in [-0.39, 0.29) is 5.69 Å². The molecule has 0 saturated heterocycles. The number of anilines is 1. The van der Waals surface area contributed by atoms with E-state index in [1.165, 1.54) is 6.20 Å². The van der Waals surface area contributed by atoms with Gasteiger partial charge in [0.1, 0.15) is 11.6 Å². The highest BCUT2D eigenvalue weighted by molar-refractivity contribution is 5.89. The molecule has 1 aromatic carbocycles. The van der Waals surface area contributed by atoms with Gasteiger partial charge in [0, 0.05) is 12.3 Å². The molecule has 0 radical (unpaired) electrons. The number of rotatable bonds is 3. The maximum atomic E-state index is 13.2. The highest BCUT2D eigenvalue weighted by Gasteiger charge is 2.06. The summed E-state index contributed by atoms with van der Waals surface area (Å²) in [5.41, 5.74) is -0.0677. The third kappa shape index (κ3) is 4.63. The van der Waals surface area contributed by atoms with Gasteiger partial charge in [-0.3, -0.25) is 0 Å². The van der Waals surface area contributed by atoms with E-state index >= 15 is 0 Å². The van der Waals surface area contributed by atoms with E-state index in [1.54, 1.807) is 6.08 Å². The molecule has 0 aliphatic carbocycles. The SMILES string of the molecule is CC(C)/C=C/NC(=O)Nc1ccc(F)cc1F. The topological polar surface area (TPSA) is 41.1 Å². The van der Waals surface area contributed by atoms with Crippen LogP contribution in [0.2, 0.25) is 0 Å². The Hall–Kier alpha value is -1.91. The lowest BCUT2D eigenvalue weighted by molar-refractivity contribution is 0.255. The van der Waals surface area contributed by atoms with Crippen molar-refractivity contribution in [3.63, 3.8) is 0 Å². The van der Waals surface area contributed by atoms with E-state index in [2.05, 4.69) is 10.6 Å². The van der Waals surface area contributed by atoms with E-state index < -0.39 is 17.7 Å². The first-order valence-corrected chi connectivity index (χ1v) is 5.18. The van der Waals surface area contributed by atoms with Gasteiger partial charge in [0.15, 0.2) is 0 Å². The number of hydrogen-bond donors (Lipinski definition) is 2. The van der Waals surface area contributed by atoms with Crippen LogP contribution in [0.25, 0.3) is 0 Å². The van der Waals surface area contributed by atoms with Crippen LogP contribution in [-0.2, 0) is 0 Å². The fourth-order valence-electron chi connectivity index (χ4n) is 1.07. The number of nitrogens with one attached hydrogen (secondary N) is 2. The quantitative estimate of drug-likeness (QED) is 0.836. The molecule has 17 heavy (non-hydrogen) atoms. The van der Waals surface area contributed by atoms with Crippen LogP contribution in [0, 0.1) is 17.6 Å². The highest BCUT2D eigenvalue weighted by Crippen LogP contribution is 2.14. The lowest BCUT2D eigenvalue weighted by Gasteiger charge is -2.05. The molecule has 0 aliphatic rings. The van der Waals surface area contributed by atoms with Crippen molar-refractivity contribution >= 4 is 11.7 Å². The number of halogens is 2. The van der Waals surface area contributed by atoms with Crippen molar-refractivity contribution in [2.24, 2.45) is 5.92 Å². The predicted octanol–water partition coefficient (Wildman–Crippen LogP) is 3.26. The van der Waals surface area contributed by atoms with E-state index in [1.807, 2.05) is 13.8 Å².